The highest BCUT2D eigenvalue weighted by molar-refractivity contribution is 9.31. The van der Waals surface area contributed by atoms with Gasteiger partial charge in [0, 0.05) is 0 Å². The molecule has 0 N–H and O–H groups in total. The van der Waals surface area contributed by atoms with Gasteiger partial charge in [0.25, 0.3) is 0 Å². The normalized spacial score (nSPS) is 24.1. The molecule has 0 aliphatic heterocycles. The highest BCUT2D eigenvalue weighted by atomic mass is 33.4. The summed E-state index contributed by atoms with van der Waals surface area (Å²) in [5, 5.41) is 0. The Morgan fingerprint density at radius 2 is 0.950 bits per heavy atom. The molecule has 0 aliphatic rings. The first kappa shape index (κ1) is 28.6. The van der Waals surface area contributed by atoms with Gasteiger partial charge < -0.3 is 0 Å². The van der Waals surface area contributed by atoms with Crippen molar-refractivity contribution in [1.82, 2.24) is 0 Å². The van der Waals surface area contributed by atoms with E-state index in [1.54, 1.807) is 0 Å². The molecule has 20 heteroatoms. The van der Waals surface area contributed by atoms with E-state index in [-0.39, 0.29) is 0 Å². The monoisotopic (exact) mass is 642 g/mol. The Balaban J connectivity index is 5.32. The third-order valence-corrected chi connectivity index (χ3v) is 131. The second kappa shape index (κ2) is 19.6. The molecule has 0 radical (unpaired) electrons. The zero-order chi connectivity index (χ0) is 15.5. The maximum Gasteiger partial charge on any atom is -0.00335 e. The molecule has 18 unspecified atom stereocenters. The molecule has 0 aliphatic carbocycles. The maximum atomic E-state index is 3.17. The molecule has 0 heterocycles. The van der Waals surface area contributed by atoms with E-state index in [4.69, 9.17) is 0 Å². The van der Waals surface area contributed by atoms with E-state index < -0.39 is 0 Å². The van der Waals surface area contributed by atoms with Crippen molar-refractivity contribution in [2.75, 3.05) is 0 Å². The van der Waals surface area contributed by atoms with E-state index in [1.165, 1.54) is 15.9 Å². The van der Waals surface area contributed by atoms with Gasteiger partial charge in [0.15, 0.2) is 0 Å². The zero-order valence-corrected chi connectivity index (χ0v) is 30.8. The number of hydrogen-bond acceptors (Lipinski definition) is 0. The first-order valence-electron chi connectivity index (χ1n) is 4.64. The van der Waals surface area contributed by atoms with E-state index in [2.05, 4.69) is 62.5 Å². The third kappa shape index (κ3) is 11.1. The summed E-state index contributed by atoms with van der Waals surface area (Å²) in [6.45, 7) is 1.75. The quantitative estimate of drug-likeness (QED) is 0.186. The summed E-state index contributed by atoms with van der Waals surface area (Å²) in [5.74, 6) is 0. The van der Waals surface area contributed by atoms with Crippen LogP contribution in [-0.2, 0) is 0 Å². The smallest absolute Gasteiger partial charge is 0.00335 e. The van der Waals surface area contributed by atoms with Crippen LogP contribution in [-0.4, -0.2) is 0 Å². The maximum absolute atomic E-state index is 3.17. The molecule has 0 saturated heterocycles. The largest absolute Gasteiger partial charge is 0.110 e. The number of hydrogen-bond donors (Lipinski definition) is 0. The van der Waals surface area contributed by atoms with Crippen molar-refractivity contribution in [1.29, 1.82) is 0 Å². The molecular weight excluding hydrogens is 619 g/mol. The molecule has 20 heavy (non-hydrogen) atoms. The van der Waals surface area contributed by atoms with Gasteiger partial charge >= 0.3 is 0 Å². The van der Waals surface area contributed by atoms with Crippen LogP contribution in [0.3, 0.4) is 0 Å². The van der Waals surface area contributed by atoms with Crippen LogP contribution < -0.4 is 0 Å². The van der Waals surface area contributed by atoms with Gasteiger partial charge in [0.05, 0.1) is 0 Å². The Morgan fingerprint density at radius 3 is 1.25 bits per heavy atom. The topological polar surface area (TPSA) is 0 Å². The van der Waals surface area contributed by atoms with Gasteiger partial charge in [-0.3, -0.25) is 0 Å². The van der Waals surface area contributed by atoms with Gasteiger partial charge in [-0.15, -0.1) is 62.5 Å². The van der Waals surface area contributed by atoms with Gasteiger partial charge in [0.2, 0.25) is 0 Å². The van der Waals surface area contributed by atoms with Crippen LogP contribution in [0.1, 0.15) is 0 Å². The SMILES string of the molecule is PPPP(PP)P(P(PP)PP)P(PP)P(PP)PP. The number of rotatable bonds is 12. The molecule has 0 rings (SSSR count). The van der Waals surface area contributed by atoms with Crippen LogP contribution in [0.2, 0.25) is 0 Å². The van der Waals surface area contributed by atoms with Crippen molar-refractivity contribution in [2.45, 2.75) is 0 Å². The highest BCUT2D eigenvalue weighted by Crippen LogP contribution is 3.25. The average Bonchev–Trinajstić information content (AvgIpc) is 2.49. The van der Waals surface area contributed by atoms with E-state index >= 15 is 0 Å². The summed E-state index contributed by atoms with van der Waals surface area (Å²) >= 11 is 0. The minimum absolute atomic E-state index is 0.333. The fourth-order valence-electron chi connectivity index (χ4n) is 0.925. The van der Waals surface area contributed by atoms with Crippen LogP contribution in [0.5, 0.6) is 0 Å². The highest BCUT2D eigenvalue weighted by Gasteiger charge is 2.36. The lowest BCUT2D eigenvalue weighted by Crippen LogP contribution is -1.51. The molecule has 0 aromatic carbocycles. The average molecular weight is 642 g/mol. The molecule has 0 amide bonds. The van der Waals surface area contributed by atoms with Crippen LogP contribution in [0.15, 0.2) is 0 Å². The van der Waals surface area contributed by atoms with E-state index in [0.29, 0.717) is 34.9 Å². The molecule has 18 atom stereocenters. The molecule has 0 fully saturated rings. The van der Waals surface area contributed by atoms with Gasteiger partial charge in [0.1, 0.15) is 0 Å². The molecule has 0 spiro atoms. The minimum Gasteiger partial charge on any atom is -0.110 e. The summed E-state index contributed by atoms with van der Waals surface area (Å²) in [5.41, 5.74) is 0. The second-order valence-electron chi connectivity index (χ2n) is 2.52. The van der Waals surface area contributed by atoms with E-state index in [1.807, 2.05) is 0 Å². The van der Waals surface area contributed by atoms with Crippen molar-refractivity contribution in [3.05, 3.63) is 0 Å². The summed E-state index contributed by atoms with van der Waals surface area (Å²) in [6, 6.07) is 0. The lowest BCUT2D eigenvalue weighted by atomic mass is 28.6. The second-order valence-corrected chi connectivity index (χ2v) is 68.1. The Kier molecular flexibility index (Phi) is 28.0. The molecule has 0 nitrogen and oxygen atoms in total. The molecule has 0 bridgehead atoms. The van der Waals surface area contributed by atoms with E-state index in [9.17, 15) is 0 Å². The van der Waals surface area contributed by atoms with Gasteiger partial charge in [-0.05, 0) is 34.9 Å². The minimum atomic E-state index is 0.333. The fraction of sp³-hybridized carbons (Fsp3) is 0. The van der Waals surface area contributed by atoms with Crippen molar-refractivity contribution in [3.63, 3.8) is 0 Å². The van der Waals surface area contributed by atoms with Crippen LogP contribution in [0.4, 0.5) is 0 Å². The molecule has 0 aromatic rings. The molecule has 0 saturated carbocycles. The Labute approximate surface area is 160 Å². The standard InChI is InChI=1S/H22P20/c1-8-15-18(13-6)20(17(11-4)12-5)19(14-7)16(9-2)10-3/h8-15H,1-7H2. The first-order chi connectivity index (χ1) is 9.64. The first-order valence-corrected chi connectivity index (χ1v) is 41.7. The van der Waals surface area contributed by atoms with Crippen LogP contribution >= 0.6 is 161 Å². The van der Waals surface area contributed by atoms with Gasteiger partial charge in [-0.25, -0.2) is 0 Å². The van der Waals surface area contributed by atoms with Crippen molar-refractivity contribution in [2.24, 2.45) is 0 Å². The lowest BCUT2D eigenvalue weighted by molar-refractivity contribution is 4.54. The lowest BCUT2D eigenvalue weighted by Gasteiger charge is -2.40. The zero-order valence-electron chi connectivity index (χ0n) is 10.3. The van der Waals surface area contributed by atoms with Gasteiger partial charge in [-0.2, -0.15) is 0 Å². The fourth-order valence-corrected chi connectivity index (χ4v) is 225. The molecular formula is H22P20. The predicted octanol–water partition coefficient (Wildman–Crippen LogP) is 11.3. The predicted molar refractivity (Wildman–Crippen MR) is 169 cm³/mol. The summed E-state index contributed by atoms with van der Waals surface area (Å²) in [4.78, 5) is 0. The Bertz CT molecular complexity index is 200. The summed E-state index contributed by atoms with van der Waals surface area (Å²) < 4.78 is 0. The summed E-state index contributed by atoms with van der Waals surface area (Å²) in [6.07, 6.45) is 0. The van der Waals surface area contributed by atoms with Crippen LogP contribution in [0.25, 0.3) is 0 Å². The summed E-state index contributed by atoms with van der Waals surface area (Å²) in [7, 11) is 31.1. The van der Waals surface area contributed by atoms with E-state index in [0.717, 1.165) is 47.7 Å². The van der Waals surface area contributed by atoms with Crippen LogP contribution in [0, 0.1) is 0 Å². The Hall–Kier alpha value is 8.60. The van der Waals surface area contributed by atoms with Crippen molar-refractivity contribution < 1.29 is 0 Å². The van der Waals surface area contributed by atoms with Gasteiger partial charge in [-0.1, -0.05) is 63.7 Å². The third-order valence-electron chi connectivity index (χ3n) is 1.61. The van der Waals surface area contributed by atoms with Crippen molar-refractivity contribution in [3.8, 4) is 0 Å². The van der Waals surface area contributed by atoms with Crippen molar-refractivity contribution >= 4 is 161 Å². The molecule has 122 valence electrons. The molecule has 0 aromatic heterocycles. The Morgan fingerprint density at radius 1 is 0.500 bits per heavy atom.